The maximum absolute atomic E-state index is 13.6. The fourth-order valence-corrected chi connectivity index (χ4v) is 2.63. The Labute approximate surface area is 132 Å². The van der Waals surface area contributed by atoms with Crippen molar-refractivity contribution in [3.63, 3.8) is 0 Å². The zero-order chi connectivity index (χ0) is 17.1. The first-order valence-corrected chi connectivity index (χ1v) is 7.62. The van der Waals surface area contributed by atoms with Gasteiger partial charge in [0, 0.05) is 6.54 Å². The molecule has 1 heterocycles. The monoisotopic (exact) mass is 337 g/mol. The minimum Gasteiger partial charge on any atom is -0.492 e. The van der Waals surface area contributed by atoms with Crippen molar-refractivity contribution in [1.29, 1.82) is 0 Å². The molecule has 7 heteroatoms. The van der Waals surface area contributed by atoms with Crippen molar-refractivity contribution in [3.05, 3.63) is 29.3 Å². The molecule has 0 aliphatic carbocycles. The molecule has 0 N–H and O–H groups in total. The van der Waals surface area contributed by atoms with Gasteiger partial charge in [-0.1, -0.05) is 12.5 Å². The van der Waals surface area contributed by atoms with Crippen LogP contribution in [0.5, 0.6) is 5.75 Å². The van der Waals surface area contributed by atoms with Crippen molar-refractivity contribution in [2.75, 3.05) is 26.2 Å². The Balaban J connectivity index is 2.09. The predicted molar refractivity (Wildman–Crippen MR) is 76.9 cm³/mol. The van der Waals surface area contributed by atoms with Crippen LogP contribution in [0.2, 0.25) is 0 Å². The van der Waals surface area contributed by atoms with Crippen LogP contribution < -0.4 is 4.74 Å². The molecule has 0 saturated carbocycles. The lowest BCUT2D eigenvalue weighted by Crippen LogP contribution is -2.35. The molecule has 130 valence electrons. The first kappa shape index (κ1) is 18.0. The minimum absolute atomic E-state index is 0.0877. The zero-order valence-electron chi connectivity index (χ0n) is 12.9. The SMILES string of the molecule is Cc1ccc(C(F)(F)C(F)(F)F)c(OCCN2CCCCC2)c1. The molecule has 1 aromatic carbocycles. The molecule has 0 aromatic heterocycles. The van der Waals surface area contributed by atoms with Gasteiger partial charge in [-0.2, -0.15) is 22.0 Å². The van der Waals surface area contributed by atoms with Gasteiger partial charge < -0.3 is 4.74 Å². The molecule has 0 spiro atoms. The van der Waals surface area contributed by atoms with Crippen LogP contribution in [0.3, 0.4) is 0 Å². The maximum Gasteiger partial charge on any atom is 0.458 e. The van der Waals surface area contributed by atoms with Gasteiger partial charge in [0.05, 0.1) is 5.56 Å². The van der Waals surface area contributed by atoms with Crippen LogP contribution in [-0.4, -0.2) is 37.3 Å². The number of aryl methyl sites for hydroxylation is 1. The van der Waals surface area contributed by atoms with E-state index in [9.17, 15) is 22.0 Å². The van der Waals surface area contributed by atoms with Crippen molar-refractivity contribution in [2.24, 2.45) is 0 Å². The van der Waals surface area contributed by atoms with E-state index in [2.05, 4.69) is 4.90 Å². The van der Waals surface area contributed by atoms with Crippen molar-refractivity contribution < 1.29 is 26.7 Å². The van der Waals surface area contributed by atoms with Crippen LogP contribution in [-0.2, 0) is 5.92 Å². The Morgan fingerprint density at radius 2 is 1.70 bits per heavy atom. The Morgan fingerprint density at radius 3 is 2.30 bits per heavy atom. The van der Waals surface area contributed by atoms with E-state index in [1.54, 1.807) is 6.92 Å². The minimum atomic E-state index is -5.65. The molecular weight excluding hydrogens is 317 g/mol. The first-order chi connectivity index (χ1) is 10.7. The van der Waals surface area contributed by atoms with E-state index in [-0.39, 0.29) is 6.61 Å². The Morgan fingerprint density at radius 1 is 1.04 bits per heavy atom. The second-order valence-corrected chi connectivity index (χ2v) is 5.82. The number of rotatable bonds is 5. The fourth-order valence-electron chi connectivity index (χ4n) is 2.63. The first-order valence-electron chi connectivity index (χ1n) is 7.62. The quantitative estimate of drug-likeness (QED) is 0.733. The summed E-state index contributed by atoms with van der Waals surface area (Å²) in [4.78, 5) is 2.13. The van der Waals surface area contributed by atoms with Crippen LogP contribution >= 0.6 is 0 Å². The summed E-state index contributed by atoms with van der Waals surface area (Å²) in [6.45, 7) is 4.04. The largest absolute Gasteiger partial charge is 0.492 e. The average molecular weight is 337 g/mol. The van der Waals surface area contributed by atoms with Gasteiger partial charge in [0.25, 0.3) is 0 Å². The number of piperidine rings is 1. The molecule has 1 fully saturated rings. The molecule has 1 saturated heterocycles. The van der Waals surface area contributed by atoms with Crippen molar-refractivity contribution >= 4 is 0 Å². The third-order valence-corrected chi connectivity index (χ3v) is 3.95. The number of likely N-dealkylation sites (tertiary alicyclic amines) is 1. The lowest BCUT2D eigenvalue weighted by Gasteiger charge is -2.27. The van der Waals surface area contributed by atoms with Gasteiger partial charge in [0.15, 0.2) is 0 Å². The van der Waals surface area contributed by atoms with E-state index in [4.69, 9.17) is 4.74 Å². The van der Waals surface area contributed by atoms with E-state index in [0.717, 1.165) is 38.4 Å². The number of alkyl halides is 5. The molecule has 0 bridgehead atoms. The van der Waals surface area contributed by atoms with Crippen LogP contribution in [0.1, 0.15) is 30.4 Å². The van der Waals surface area contributed by atoms with Gasteiger partial charge in [-0.3, -0.25) is 4.90 Å². The van der Waals surface area contributed by atoms with E-state index >= 15 is 0 Å². The summed E-state index contributed by atoms with van der Waals surface area (Å²) in [5.41, 5.74) is -0.561. The Bertz CT molecular complexity index is 524. The van der Waals surface area contributed by atoms with E-state index in [0.29, 0.717) is 12.1 Å². The molecule has 0 amide bonds. The number of ether oxygens (including phenoxy) is 1. The van der Waals surface area contributed by atoms with Crippen molar-refractivity contribution in [1.82, 2.24) is 4.90 Å². The highest BCUT2D eigenvalue weighted by molar-refractivity contribution is 5.40. The lowest BCUT2D eigenvalue weighted by atomic mass is 10.0. The van der Waals surface area contributed by atoms with Crippen LogP contribution in [0.25, 0.3) is 0 Å². The number of nitrogens with zero attached hydrogens (tertiary/aromatic N) is 1. The number of benzene rings is 1. The topological polar surface area (TPSA) is 12.5 Å². The second kappa shape index (κ2) is 7.03. The third-order valence-electron chi connectivity index (χ3n) is 3.95. The molecular formula is C16H20F5NO. The van der Waals surface area contributed by atoms with Gasteiger partial charge in [-0.25, -0.2) is 0 Å². The highest BCUT2D eigenvalue weighted by Crippen LogP contribution is 2.47. The Hall–Kier alpha value is -1.37. The molecule has 2 nitrogen and oxygen atoms in total. The van der Waals surface area contributed by atoms with Gasteiger partial charge in [-0.15, -0.1) is 0 Å². The van der Waals surface area contributed by atoms with Crippen LogP contribution in [0, 0.1) is 6.92 Å². The fraction of sp³-hybridized carbons (Fsp3) is 0.625. The average Bonchev–Trinajstić information content (AvgIpc) is 2.47. The molecule has 2 rings (SSSR count). The lowest BCUT2D eigenvalue weighted by molar-refractivity contribution is -0.289. The van der Waals surface area contributed by atoms with Crippen molar-refractivity contribution in [2.45, 2.75) is 38.3 Å². The number of hydrogen-bond donors (Lipinski definition) is 0. The summed E-state index contributed by atoms with van der Waals surface area (Å²) in [5, 5.41) is 0. The molecule has 0 atom stereocenters. The predicted octanol–water partition coefficient (Wildman–Crippen LogP) is 4.51. The van der Waals surface area contributed by atoms with Gasteiger partial charge in [-0.05, 0) is 50.6 Å². The standard InChI is InChI=1S/C16H20F5NO/c1-12-5-6-13(15(17,18)16(19,20)21)14(11-12)23-10-9-22-7-3-2-4-8-22/h5-6,11H,2-4,7-10H2,1H3. The zero-order valence-corrected chi connectivity index (χ0v) is 12.9. The third kappa shape index (κ3) is 4.34. The van der Waals surface area contributed by atoms with Crippen LogP contribution in [0.4, 0.5) is 22.0 Å². The number of hydrogen-bond acceptors (Lipinski definition) is 2. The summed E-state index contributed by atoms with van der Waals surface area (Å²) < 4.78 is 70.3. The maximum atomic E-state index is 13.6. The molecule has 1 aromatic rings. The van der Waals surface area contributed by atoms with E-state index < -0.39 is 23.4 Å². The van der Waals surface area contributed by atoms with E-state index in [1.807, 2.05) is 0 Å². The van der Waals surface area contributed by atoms with Gasteiger partial charge >= 0.3 is 12.1 Å². The van der Waals surface area contributed by atoms with Crippen LogP contribution in [0.15, 0.2) is 18.2 Å². The van der Waals surface area contributed by atoms with E-state index in [1.165, 1.54) is 12.1 Å². The molecule has 1 aliphatic heterocycles. The highest BCUT2D eigenvalue weighted by Gasteiger charge is 2.60. The smallest absolute Gasteiger partial charge is 0.458 e. The second-order valence-electron chi connectivity index (χ2n) is 5.82. The molecule has 23 heavy (non-hydrogen) atoms. The summed E-state index contributed by atoms with van der Waals surface area (Å²) in [6.07, 6.45) is -2.34. The molecule has 0 unspecified atom stereocenters. The molecule has 1 aliphatic rings. The summed E-state index contributed by atoms with van der Waals surface area (Å²) in [6, 6.07) is 3.25. The van der Waals surface area contributed by atoms with Crippen molar-refractivity contribution in [3.8, 4) is 5.75 Å². The Kier molecular flexibility index (Phi) is 5.49. The highest BCUT2D eigenvalue weighted by atomic mass is 19.4. The van der Waals surface area contributed by atoms with Gasteiger partial charge in [0.2, 0.25) is 0 Å². The molecule has 0 radical (unpaired) electrons. The summed E-state index contributed by atoms with van der Waals surface area (Å²) in [5.74, 6) is -5.33. The number of halogens is 5. The normalized spacial score (nSPS) is 17.3. The van der Waals surface area contributed by atoms with Gasteiger partial charge in [0.1, 0.15) is 12.4 Å². The summed E-state index contributed by atoms with van der Waals surface area (Å²) >= 11 is 0. The summed E-state index contributed by atoms with van der Waals surface area (Å²) in [7, 11) is 0.